The van der Waals surface area contributed by atoms with Gasteiger partial charge < -0.3 is 44.4 Å². The van der Waals surface area contributed by atoms with Gasteiger partial charge in [0.15, 0.2) is 5.69 Å². The predicted molar refractivity (Wildman–Crippen MR) is 430 cm³/mol. The van der Waals surface area contributed by atoms with E-state index in [2.05, 4.69) is 357 Å². The summed E-state index contributed by atoms with van der Waals surface area (Å²) in [5.74, 6) is 1.49. The first kappa shape index (κ1) is 59.5. The van der Waals surface area contributed by atoms with E-state index in [4.69, 9.17) is 11.3 Å². The maximum absolute atomic E-state index is 10.7. The van der Waals surface area contributed by atoms with Gasteiger partial charge in [0.05, 0.1) is 35.3 Å². The third-order valence-electron chi connectivity index (χ3n) is 21.8. The topological polar surface area (TPSA) is 72.1 Å². The van der Waals surface area contributed by atoms with Crippen molar-refractivity contribution in [2.75, 3.05) is 60.8 Å². The van der Waals surface area contributed by atoms with Crippen molar-refractivity contribution in [2.45, 2.75) is 0 Å². The zero-order valence-electron chi connectivity index (χ0n) is 56.6. The molecule has 0 aliphatic carbocycles. The third-order valence-corrected chi connectivity index (χ3v) is 21.8. The average Bonchev–Trinajstić information content (AvgIpc) is 0.689. The van der Waals surface area contributed by atoms with Gasteiger partial charge in [0.2, 0.25) is 6.71 Å². The van der Waals surface area contributed by atoms with Crippen molar-refractivity contribution in [1.29, 1.82) is 5.26 Å². The Morgan fingerprint density at radius 3 is 1.25 bits per heavy atom. The Labute approximate surface area is 599 Å². The molecule has 20 rings (SSSR count). The maximum atomic E-state index is 10.7. The molecule has 0 saturated heterocycles. The molecule has 482 valence electrons. The lowest BCUT2D eigenvalue weighted by Crippen LogP contribution is -2.66. The van der Waals surface area contributed by atoms with Crippen LogP contribution in [-0.2, 0) is 0 Å². The summed E-state index contributed by atoms with van der Waals surface area (Å²) >= 11 is 0. The lowest BCUT2D eigenvalue weighted by Gasteiger charge is -2.46. The number of hydrogen-bond donors (Lipinski definition) is 1. The molecular formula is C89H61B3N10O. The highest BCUT2D eigenvalue weighted by Crippen LogP contribution is 2.50. The van der Waals surface area contributed by atoms with Crippen molar-refractivity contribution in [2.24, 2.45) is 0 Å². The van der Waals surface area contributed by atoms with Crippen LogP contribution in [0.2, 0.25) is 0 Å². The number of anilines is 20. The first-order valence-electron chi connectivity index (χ1n) is 34.9. The Balaban J connectivity index is 0.839. The van der Waals surface area contributed by atoms with Gasteiger partial charge in [0, 0.05) is 124 Å². The minimum atomic E-state index is -0.311. The summed E-state index contributed by atoms with van der Waals surface area (Å²) in [6.45, 7) is 7.68. The van der Waals surface area contributed by atoms with Gasteiger partial charge in [0.25, 0.3) is 13.4 Å². The van der Waals surface area contributed by atoms with E-state index in [-0.39, 0.29) is 20.1 Å². The number of benzene rings is 14. The second kappa shape index (κ2) is 23.3. The summed E-state index contributed by atoms with van der Waals surface area (Å²) in [6.07, 6.45) is 0. The number of nitrogens with one attached hydrogen (secondary N) is 1. The number of fused-ring (bicyclic) bond motifs is 12. The summed E-state index contributed by atoms with van der Waals surface area (Å²) in [7, 11) is 6.68. The maximum Gasteiger partial charge on any atom is 0.256 e. The van der Waals surface area contributed by atoms with E-state index in [0.29, 0.717) is 11.3 Å². The molecule has 14 aromatic carbocycles. The van der Waals surface area contributed by atoms with Gasteiger partial charge in [-0.1, -0.05) is 157 Å². The summed E-state index contributed by atoms with van der Waals surface area (Å²) in [6, 6.07) is 113. The minimum Gasteiger partial charge on any atom is -0.458 e. The molecule has 0 unspecified atom stereocenters. The molecule has 0 fully saturated rings. The van der Waals surface area contributed by atoms with Crippen LogP contribution in [0.5, 0.6) is 11.5 Å². The van der Waals surface area contributed by atoms with E-state index in [0.717, 1.165) is 158 Å². The highest BCUT2D eigenvalue weighted by atomic mass is 16.5. The Bertz CT molecular complexity index is 5790. The van der Waals surface area contributed by atoms with E-state index in [9.17, 15) is 5.26 Å². The molecule has 103 heavy (non-hydrogen) atoms. The molecule has 6 heterocycles. The van der Waals surface area contributed by atoms with Gasteiger partial charge in [-0.05, 0) is 195 Å². The summed E-state index contributed by atoms with van der Waals surface area (Å²) in [4.78, 5) is 20.8. The highest BCUT2D eigenvalue weighted by molar-refractivity contribution is 7.04. The average molecular weight is 1320 g/mol. The molecule has 0 bridgehead atoms. The summed E-state index contributed by atoms with van der Waals surface area (Å²) < 4.78 is 7.18. The molecule has 0 aromatic heterocycles. The van der Waals surface area contributed by atoms with Crippen LogP contribution < -0.4 is 93.5 Å². The summed E-state index contributed by atoms with van der Waals surface area (Å²) in [5, 5.41) is 14.9. The van der Waals surface area contributed by atoms with E-state index >= 15 is 0 Å². The van der Waals surface area contributed by atoms with Crippen LogP contribution in [0.25, 0.3) is 4.85 Å². The number of para-hydroxylation sites is 7. The predicted octanol–water partition coefficient (Wildman–Crippen LogP) is 16.3. The molecule has 6 aliphatic heterocycles. The Kier molecular flexibility index (Phi) is 13.5. The monoisotopic (exact) mass is 1320 g/mol. The normalized spacial score (nSPS) is 13.2. The molecule has 14 heteroatoms. The quantitative estimate of drug-likeness (QED) is 0.106. The third kappa shape index (κ3) is 9.17. The van der Waals surface area contributed by atoms with Gasteiger partial charge in [-0.25, -0.2) is 4.85 Å². The van der Waals surface area contributed by atoms with E-state index in [1.807, 2.05) is 24.3 Å². The Hall–Kier alpha value is -13.5. The van der Waals surface area contributed by atoms with Crippen LogP contribution in [0, 0.1) is 17.9 Å². The first-order chi connectivity index (χ1) is 50.7. The Morgan fingerprint density at radius 2 is 0.757 bits per heavy atom. The number of rotatable bonds is 10. The first-order valence-corrected chi connectivity index (χ1v) is 34.9. The van der Waals surface area contributed by atoms with Gasteiger partial charge in [-0.2, -0.15) is 5.26 Å². The molecule has 1 N–H and O–H groups in total. The molecule has 0 amide bonds. The van der Waals surface area contributed by atoms with Crippen LogP contribution in [-0.4, -0.2) is 41.3 Å². The van der Waals surface area contributed by atoms with Crippen molar-refractivity contribution >= 4 is 189 Å². The zero-order valence-corrected chi connectivity index (χ0v) is 56.6. The van der Waals surface area contributed by atoms with Crippen molar-refractivity contribution in [3.05, 3.63) is 326 Å². The van der Waals surface area contributed by atoms with Crippen molar-refractivity contribution in [3.8, 4) is 17.6 Å². The van der Waals surface area contributed by atoms with Crippen LogP contribution in [0.1, 0.15) is 5.56 Å². The zero-order chi connectivity index (χ0) is 68.7. The van der Waals surface area contributed by atoms with Gasteiger partial charge in [-0.3, -0.25) is 0 Å². The molecule has 6 aliphatic rings. The van der Waals surface area contributed by atoms with Crippen molar-refractivity contribution < 1.29 is 4.74 Å². The van der Waals surface area contributed by atoms with Gasteiger partial charge in [0.1, 0.15) is 11.5 Å². The van der Waals surface area contributed by atoms with Gasteiger partial charge in [-0.15, -0.1) is 0 Å². The molecule has 0 atom stereocenters. The molecule has 0 spiro atoms. The number of hydrogen-bond acceptors (Lipinski definition) is 10. The lowest BCUT2D eigenvalue weighted by atomic mass is 9.29. The standard InChI is InChI=1S/C89H61B3N10O/c1-94-58-41-42-77-70(45-58)90-69-52-71-78(54-75(69)95-76-46-66(50-84(87(76)90)102(77)65-38-24-11-25-39-65)99(59-26-12-5-13-27-59)60-28-14-6-15-29-60)96(2)81-47-67(100(61-30-16-7-17-31-61)62-32-18-8-19-33-62)48-82-88(81)91(71)72-53-73-80(55-79(72)97(82)3)98(4)83-49-68(101(63-34-20-9-21-35-63)64-36-22-10-23-37-64)51-86-89(83)92(73)74-44-57(56-93)40-43-85(74)103-86/h5-55,95H,2-4H3. The fraction of sp³-hybridized carbons (Fsp3) is 0.0337. The molecular weight excluding hydrogens is 1260 g/mol. The van der Waals surface area contributed by atoms with Gasteiger partial charge >= 0.3 is 0 Å². The second-order valence-electron chi connectivity index (χ2n) is 27.3. The largest absolute Gasteiger partial charge is 0.458 e. The molecule has 0 saturated carbocycles. The van der Waals surface area contributed by atoms with Crippen molar-refractivity contribution in [3.63, 3.8) is 0 Å². The second-order valence-corrected chi connectivity index (χ2v) is 27.3. The van der Waals surface area contributed by atoms with E-state index in [1.165, 1.54) is 16.4 Å². The van der Waals surface area contributed by atoms with Crippen LogP contribution in [0.4, 0.5) is 119 Å². The number of ether oxygens (including phenoxy) is 1. The molecule has 0 radical (unpaired) electrons. The molecule has 14 aromatic rings. The van der Waals surface area contributed by atoms with Crippen LogP contribution >= 0.6 is 0 Å². The highest BCUT2D eigenvalue weighted by Gasteiger charge is 2.49. The smallest absolute Gasteiger partial charge is 0.256 e. The van der Waals surface area contributed by atoms with E-state index < -0.39 is 0 Å². The van der Waals surface area contributed by atoms with Crippen LogP contribution in [0.15, 0.2) is 309 Å². The summed E-state index contributed by atoms with van der Waals surface area (Å²) in [5.41, 5.74) is 31.9. The molecule has 11 nitrogen and oxygen atoms in total. The fourth-order valence-corrected chi connectivity index (χ4v) is 17.3. The van der Waals surface area contributed by atoms with Crippen LogP contribution in [0.3, 0.4) is 0 Å². The minimum absolute atomic E-state index is 0.287. The number of nitrogens with zero attached hydrogens (tertiary/aromatic N) is 9. The SMILES string of the molecule is [C-]#[N+]c1ccc2c(c1)B1c3cc4c(cc3Nc3cc(N(c5ccccc5)c5ccccc5)cc(c31)N2c1ccccc1)N(C)c1cc(N(c2ccccc2)c2ccccc2)cc2c1B4c1cc3c(cc1N2C)N(C)c1cc(N(c2ccccc2)c2ccccc2)cc2c1B3c1cc(C#N)ccc1O2. The lowest BCUT2D eigenvalue weighted by molar-refractivity contribution is 0.487. The Morgan fingerprint density at radius 1 is 0.340 bits per heavy atom. The number of nitriles is 1. The van der Waals surface area contributed by atoms with E-state index in [1.54, 1.807) is 0 Å². The fourth-order valence-electron chi connectivity index (χ4n) is 17.3. The van der Waals surface area contributed by atoms with Crippen molar-refractivity contribution in [1.82, 2.24) is 0 Å².